The standard InChI is InChI=1S/C13H13NO3S/c1-7-3-5-9(6-4-7)12-14-8(2)11(18-12)10(15)13(16)17/h3-6,10,15H,1-2H3,(H,16,17). The van der Waals surface area contributed by atoms with Gasteiger partial charge in [-0.05, 0) is 13.8 Å². The van der Waals surface area contributed by atoms with Crippen molar-refractivity contribution in [2.24, 2.45) is 0 Å². The molecule has 0 saturated heterocycles. The fourth-order valence-corrected chi connectivity index (χ4v) is 2.64. The number of thiazole rings is 1. The molecule has 0 aliphatic heterocycles. The molecule has 18 heavy (non-hydrogen) atoms. The van der Waals surface area contributed by atoms with E-state index in [9.17, 15) is 9.90 Å². The number of hydrogen-bond donors (Lipinski definition) is 2. The van der Waals surface area contributed by atoms with Crippen LogP contribution in [0.25, 0.3) is 10.6 Å². The van der Waals surface area contributed by atoms with Crippen LogP contribution in [0.2, 0.25) is 0 Å². The zero-order valence-corrected chi connectivity index (χ0v) is 10.9. The van der Waals surface area contributed by atoms with Gasteiger partial charge in [-0.2, -0.15) is 0 Å². The van der Waals surface area contributed by atoms with Crippen LogP contribution in [0.4, 0.5) is 0 Å². The van der Waals surface area contributed by atoms with Gasteiger partial charge in [-0.3, -0.25) is 0 Å². The number of hydrogen-bond acceptors (Lipinski definition) is 4. The predicted octanol–water partition coefficient (Wildman–Crippen LogP) is 2.54. The van der Waals surface area contributed by atoms with Crippen molar-refractivity contribution in [2.45, 2.75) is 20.0 Å². The largest absolute Gasteiger partial charge is 0.479 e. The Morgan fingerprint density at radius 2 is 1.89 bits per heavy atom. The third kappa shape index (κ3) is 2.42. The zero-order chi connectivity index (χ0) is 13.3. The van der Waals surface area contributed by atoms with Gasteiger partial charge in [0, 0.05) is 5.56 Å². The maximum absolute atomic E-state index is 10.8. The second-order valence-corrected chi connectivity index (χ2v) is 5.11. The van der Waals surface area contributed by atoms with Gasteiger partial charge >= 0.3 is 5.97 Å². The average molecular weight is 263 g/mol. The second kappa shape index (κ2) is 4.88. The van der Waals surface area contributed by atoms with Crippen molar-refractivity contribution >= 4 is 17.3 Å². The molecule has 0 radical (unpaired) electrons. The lowest BCUT2D eigenvalue weighted by Crippen LogP contribution is -2.09. The molecular formula is C13H13NO3S. The molecule has 0 fully saturated rings. The van der Waals surface area contributed by atoms with Gasteiger partial charge in [0.05, 0.1) is 10.6 Å². The number of benzene rings is 1. The third-order valence-electron chi connectivity index (χ3n) is 2.61. The lowest BCUT2D eigenvalue weighted by Gasteiger charge is -2.01. The molecule has 0 aliphatic carbocycles. The Bertz CT molecular complexity index is 574. The molecule has 0 bridgehead atoms. The highest BCUT2D eigenvalue weighted by Crippen LogP contribution is 2.31. The summed E-state index contributed by atoms with van der Waals surface area (Å²) in [6.45, 7) is 3.70. The highest BCUT2D eigenvalue weighted by Gasteiger charge is 2.22. The van der Waals surface area contributed by atoms with Gasteiger partial charge in [-0.25, -0.2) is 9.78 Å². The Morgan fingerprint density at radius 1 is 1.28 bits per heavy atom. The van der Waals surface area contributed by atoms with E-state index in [1.165, 1.54) is 11.3 Å². The first-order chi connectivity index (χ1) is 8.49. The van der Waals surface area contributed by atoms with Gasteiger partial charge in [0.1, 0.15) is 5.01 Å². The van der Waals surface area contributed by atoms with Gasteiger partial charge in [-0.1, -0.05) is 29.8 Å². The van der Waals surface area contributed by atoms with Gasteiger partial charge in [0.15, 0.2) is 6.10 Å². The van der Waals surface area contributed by atoms with Crippen molar-refractivity contribution in [3.8, 4) is 10.6 Å². The van der Waals surface area contributed by atoms with Crippen LogP contribution >= 0.6 is 11.3 Å². The van der Waals surface area contributed by atoms with Crippen LogP contribution in [-0.2, 0) is 4.79 Å². The Labute approximate surface area is 109 Å². The first kappa shape index (κ1) is 12.7. The summed E-state index contributed by atoms with van der Waals surface area (Å²) in [7, 11) is 0. The van der Waals surface area contributed by atoms with Crippen molar-refractivity contribution < 1.29 is 15.0 Å². The first-order valence-electron chi connectivity index (χ1n) is 5.44. The Morgan fingerprint density at radius 3 is 2.44 bits per heavy atom. The summed E-state index contributed by atoms with van der Waals surface area (Å²) in [5.41, 5.74) is 2.64. The summed E-state index contributed by atoms with van der Waals surface area (Å²) in [4.78, 5) is 15.5. The van der Waals surface area contributed by atoms with E-state index < -0.39 is 12.1 Å². The number of nitrogens with zero attached hydrogens (tertiary/aromatic N) is 1. The Hall–Kier alpha value is -1.72. The summed E-state index contributed by atoms with van der Waals surface area (Å²) >= 11 is 1.21. The molecule has 1 aromatic carbocycles. The minimum Gasteiger partial charge on any atom is -0.479 e. The van der Waals surface area contributed by atoms with Gasteiger partial charge < -0.3 is 10.2 Å². The van der Waals surface area contributed by atoms with E-state index in [-0.39, 0.29) is 0 Å². The maximum Gasteiger partial charge on any atom is 0.338 e. The van der Waals surface area contributed by atoms with Crippen LogP contribution in [0.1, 0.15) is 22.2 Å². The molecule has 1 heterocycles. The number of aryl methyl sites for hydroxylation is 2. The lowest BCUT2D eigenvalue weighted by atomic mass is 10.2. The Balaban J connectivity index is 2.40. The highest BCUT2D eigenvalue weighted by atomic mass is 32.1. The van der Waals surface area contributed by atoms with Gasteiger partial charge in [-0.15, -0.1) is 11.3 Å². The van der Waals surface area contributed by atoms with Gasteiger partial charge in [0.2, 0.25) is 0 Å². The maximum atomic E-state index is 10.8. The molecule has 1 aromatic heterocycles. The van der Waals surface area contributed by atoms with Crippen molar-refractivity contribution in [1.29, 1.82) is 0 Å². The van der Waals surface area contributed by atoms with E-state index in [2.05, 4.69) is 4.98 Å². The molecule has 2 rings (SSSR count). The molecule has 94 valence electrons. The SMILES string of the molecule is Cc1ccc(-c2nc(C)c(C(O)C(=O)O)s2)cc1. The fourth-order valence-electron chi connectivity index (χ4n) is 1.59. The van der Waals surface area contributed by atoms with Crippen molar-refractivity contribution in [1.82, 2.24) is 4.98 Å². The summed E-state index contributed by atoms with van der Waals surface area (Å²) in [5, 5.41) is 19.1. The number of aromatic nitrogens is 1. The molecule has 0 saturated carbocycles. The van der Waals surface area contributed by atoms with Crippen LogP contribution in [0.15, 0.2) is 24.3 Å². The minimum absolute atomic E-state index is 0.387. The van der Waals surface area contributed by atoms with Crippen LogP contribution in [0.5, 0.6) is 0 Å². The summed E-state index contributed by atoms with van der Waals surface area (Å²) in [5.74, 6) is -1.25. The molecule has 0 aliphatic rings. The van der Waals surface area contributed by atoms with Crippen molar-refractivity contribution in [2.75, 3.05) is 0 Å². The Kier molecular flexibility index (Phi) is 3.45. The molecule has 2 aromatic rings. The number of carboxylic acid groups (broad SMARTS) is 1. The van der Waals surface area contributed by atoms with Crippen molar-refractivity contribution in [3.63, 3.8) is 0 Å². The zero-order valence-electron chi connectivity index (χ0n) is 10.0. The number of aliphatic hydroxyl groups excluding tert-OH is 1. The molecule has 1 unspecified atom stereocenters. The normalized spacial score (nSPS) is 12.4. The fraction of sp³-hybridized carbons (Fsp3) is 0.231. The first-order valence-corrected chi connectivity index (χ1v) is 6.26. The molecule has 0 amide bonds. The number of carbonyl (C=O) groups is 1. The minimum atomic E-state index is -1.50. The molecule has 0 spiro atoms. The topological polar surface area (TPSA) is 70.4 Å². The van der Waals surface area contributed by atoms with E-state index in [1.54, 1.807) is 6.92 Å². The monoisotopic (exact) mass is 263 g/mol. The number of rotatable bonds is 3. The quantitative estimate of drug-likeness (QED) is 0.892. The number of aliphatic hydroxyl groups is 1. The van der Waals surface area contributed by atoms with Crippen LogP contribution in [0.3, 0.4) is 0 Å². The number of carboxylic acids is 1. The molecule has 1 atom stereocenters. The highest BCUT2D eigenvalue weighted by molar-refractivity contribution is 7.15. The van der Waals surface area contributed by atoms with E-state index in [4.69, 9.17) is 5.11 Å². The van der Waals surface area contributed by atoms with E-state index in [0.717, 1.165) is 16.1 Å². The molecule has 2 N–H and O–H groups in total. The van der Waals surface area contributed by atoms with Gasteiger partial charge in [0.25, 0.3) is 0 Å². The van der Waals surface area contributed by atoms with E-state index >= 15 is 0 Å². The average Bonchev–Trinajstić information content (AvgIpc) is 2.71. The number of aliphatic carboxylic acids is 1. The van der Waals surface area contributed by atoms with Crippen LogP contribution < -0.4 is 0 Å². The summed E-state index contributed by atoms with van der Waals surface area (Å²) < 4.78 is 0. The van der Waals surface area contributed by atoms with Crippen LogP contribution in [0, 0.1) is 13.8 Å². The molecule has 5 heteroatoms. The molecule has 4 nitrogen and oxygen atoms in total. The van der Waals surface area contributed by atoms with Crippen molar-refractivity contribution in [3.05, 3.63) is 40.4 Å². The predicted molar refractivity (Wildman–Crippen MR) is 69.6 cm³/mol. The van der Waals surface area contributed by atoms with E-state index in [1.807, 2.05) is 31.2 Å². The summed E-state index contributed by atoms with van der Waals surface area (Å²) in [6, 6.07) is 7.81. The lowest BCUT2D eigenvalue weighted by molar-refractivity contribution is -0.146. The smallest absolute Gasteiger partial charge is 0.338 e. The third-order valence-corrected chi connectivity index (χ3v) is 3.87. The summed E-state index contributed by atoms with van der Waals surface area (Å²) in [6.07, 6.45) is -1.50. The second-order valence-electron chi connectivity index (χ2n) is 4.08. The molecular weight excluding hydrogens is 250 g/mol. The van der Waals surface area contributed by atoms with E-state index in [0.29, 0.717) is 10.6 Å². The van der Waals surface area contributed by atoms with Crippen LogP contribution in [-0.4, -0.2) is 21.2 Å².